The lowest BCUT2D eigenvalue weighted by atomic mass is 10.00. The summed E-state index contributed by atoms with van der Waals surface area (Å²) in [6.45, 7) is 6.74. The van der Waals surface area contributed by atoms with E-state index in [9.17, 15) is 22.8 Å². The minimum atomic E-state index is -4.94. The van der Waals surface area contributed by atoms with E-state index in [4.69, 9.17) is 13.9 Å². The first-order chi connectivity index (χ1) is 17.6. The predicted octanol–water partition coefficient (Wildman–Crippen LogP) is 7.16. The third kappa shape index (κ3) is 5.25. The third-order valence-electron chi connectivity index (χ3n) is 5.66. The van der Waals surface area contributed by atoms with E-state index in [0.717, 1.165) is 23.8 Å². The summed E-state index contributed by atoms with van der Waals surface area (Å²) in [6, 6.07) is 12.2. The van der Waals surface area contributed by atoms with Crippen LogP contribution in [0, 0.1) is 5.82 Å². The molecule has 0 aliphatic carbocycles. The van der Waals surface area contributed by atoms with Crippen LogP contribution in [0.2, 0.25) is 0 Å². The Balaban J connectivity index is 1.69. The first-order valence-corrected chi connectivity index (χ1v) is 11.1. The standard InChI is InChI=1S/C28H20F4O5/c1-3-22(33)35-15-5-6-16-7-9-17(10-8-16)18-11-12-20-19-13-14-21(36-23(34)4-2)24(28(30,31)32)26(19)37-27(20)25(18)29/h3-4,7-14H,1-2,5-6,15H2. The molecule has 0 saturated heterocycles. The van der Waals surface area contributed by atoms with Crippen LogP contribution < -0.4 is 4.74 Å². The summed E-state index contributed by atoms with van der Waals surface area (Å²) < 4.78 is 72.4. The summed E-state index contributed by atoms with van der Waals surface area (Å²) in [7, 11) is 0. The molecule has 1 aromatic heterocycles. The van der Waals surface area contributed by atoms with Gasteiger partial charge in [0, 0.05) is 28.5 Å². The van der Waals surface area contributed by atoms with E-state index in [-0.39, 0.29) is 28.5 Å². The average Bonchev–Trinajstić information content (AvgIpc) is 3.25. The van der Waals surface area contributed by atoms with E-state index in [1.54, 1.807) is 24.3 Å². The van der Waals surface area contributed by atoms with Crippen LogP contribution in [0.15, 0.2) is 78.3 Å². The lowest BCUT2D eigenvalue weighted by molar-refractivity contribution is -0.140. The molecule has 9 heteroatoms. The minimum Gasteiger partial charge on any atom is -0.463 e. The van der Waals surface area contributed by atoms with Crippen molar-refractivity contribution in [1.29, 1.82) is 0 Å². The summed E-state index contributed by atoms with van der Waals surface area (Å²) >= 11 is 0. The second-order valence-corrected chi connectivity index (χ2v) is 8.02. The molecule has 0 amide bonds. The summed E-state index contributed by atoms with van der Waals surface area (Å²) in [5.74, 6) is -3.16. The van der Waals surface area contributed by atoms with Gasteiger partial charge in [0.25, 0.3) is 0 Å². The lowest BCUT2D eigenvalue weighted by Gasteiger charge is -2.12. The molecule has 0 radical (unpaired) electrons. The fraction of sp³-hybridized carbons (Fsp3) is 0.143. The Labute approximate surface area is 208 Å². The van der Waals surface area contributed by atoms with Crippen LogP contribution in [0.4, 0.5) is 17.6 Å². The number of alkyl halides is 3. The molecular weight excluding hydrogens is 492 g/mol. The SMILES string of the molecule is C=CC(=O)OCCCc1ccc(-c2ccc3c(oc4c(C(F)(F)F)c(OC(=O)C=C)ccc43)c2F)cc1. The van der Waals surface area contributed by atoms with Crippen molar-refractivity contribution < 1.29 is 41.0 Å². The van der Waals surface area contributed by atoms with Crippen LogP contribution in [-0.2, 0) is 26.9 Å². The van der Waals surface area contributed by atoms with Crippen LogP contribution >= 0.6 is 0 Å². The molecule has 4 aromatic rings. The Bertz CT molecular complexity index is 1510. The number of ether oxygens (including phenoxy) is 2. The Morgan fingerprint density at radius 1 is 0.892 bits per heavy atom. The van der Waals surface area contributed by atoms with E-state index < -0.39 is 40.8 Å². The van der Waals surface area contributed by atoms with E-state index in [2.05, 4.69) is 13.2 Å². The normalized spacial score (nSPS) is 11.5. The van der Waals surface area contributed by atoms with Gasteiger partial charge in [-0.25, -0.2) is 14.0 Å². The van der Waals surface area contributed by atoms with E-state index >= 15 is 4.39 Å². The predicted molar refractivity (Wildman–Crippen MR) is 129 cm³/mol. The molecule has 0 unspecified atom stereocenters. The van der Waals surface area contributed by atoms with Crippen molar-refractivity contribution in [2.75, 3.05) is 6.61 Å². The molecule has 37 heavy (non-hydrogen) atoms. The maximum absolute atomic E-state index is 15.5. The first-order valence-electron chi connectivity index (χ1n) is 11.1. The first kappa shape index (κ1) is 25.7. The van der Waals surface area contributed by atoms with E-state index in [0.29, 0.717) is 18.4 Å². The molecule has 0 saturated carbocycles. The molecule has 5 nitrogen and oxygen atoms in total. The van der Waals surface area contributed by atoms with Gasteiger partial charge in [0.15, 0.2) is 17.0 Å². The number of benzene rings is 3. The molecule has 0 bridgehead atoms. The van der Waals surface area contributed by atoms with Gasteiger partial charge in [-0.05, 0) is 42.2 Å². The number of hydrogen-bond acceptors (Lipinski definition) is 5. The number of carbonyl (C=O) groups excluding carboxylic acids is 2. The average molecular weight is 512 g/mol. The summed E-state index contributed by atoms with van der Waals surface area (Å²) in [6.07, 6.45) is -1.91. The molecule has 0 aliphatic heterocycles. The Kier molecular flexibility index (Phi) is 7.15. The van der Waals surface area contributed by atoms with Gasteiger partial charge in [-0.2, -0.15) is 13.2 Å². The number of esters is 2. The van der Waals surface area contributed by atoms with Crippen molar-refractivity contribution in [3.8, 4) is 16.9 Å². The van der Waals surface area contributed by atoms with Crippen molar-refractivity contribution in [2.24, 2.45) is 0 Å². The second-order valence-electron chi connectivity index (χ2n) is 8.02. The number of aryl methyl sites for hydroxylation is 1. The highest BCUT2D eigenvalue weighted by Gasteiger charge is 2.39. The molecule has 190 valence electrons. The van der Waals surface area contributed by atoms with Crippen LogP contribution in [-0.4, -0.2) is 18.5 Å². The maximum Gasteiger partial charge on any atom is 0.423 e. The third-order valence-corrected chi connectivity index (χ3v) is 5.66. The summed E-state index contributed by atoms with van der Waals surface area (Å²) in [4.78, 5) is 22.6. The number of rotatable bonds is 8. The van der Waals surface area contributed by atoms with E-state index in [1.165, 1.54) is 18.2 Å². The smallest absolute Gasteiger partial charge is 0.423 e. The van der Waals surface area contributed by atoms with Crippen molar-refractivity contribution in [1.82, 2.24) is 0 Å². The summed E-state index contributed by atoms with van der Waals surface area (Å²) in [5.41, 5.74) is -0.734. The number of carbonyl (C=O) groups is 2. The summed E-state index contributed by atoms with van der Waals surface area (Å²) in [5, 5.41) is 0.174. The molecule has 3 aromatic carbocycles. The quantitative estimate of drug-likeness (QED) is 0.0824. The molecule has 0 N–H and O–H groups in total. The zero-order chi connectivity index (χ0) is 26.7. The molecule has 0 fully saturated rings. The minimum absolute atomic E-state index is 0.0266. The zero-order valence-electron chi connectivity index (χ0n) is 19.4. The van der Waals surface area contributed by atoms with E-state index in [1.807, 2.05) is 0 Å². The maximum atomic E-state index is 15.5. The number of halogens is 4. The van der Waals surface area contributed by atoms with Gasteiger partial charge >= 0.3 is 18.1 Å². The fourth-order valence-corrected chi connectivity index (χ4v) is 3.94. The second kappa shape index (κ2) is 10.3. The van der Waals surface area contributed by atoms with Gasteiger partial charge in [0.05, 0.1) is 6.61 Å². The van der Waals surface area contributed by atoms with Gasteiger partial charge in [0.2, 0.25) is 0 Å². The van der Waals surface area contributed by atoms with Crippen molar-refractivity contribution >= 4 is 33.9 Å². The fourth-order valence-electron chi connectivity index (χ4n) is 3.94. The Hall–Kier alpha value is -4.40. The topological polar surface area (TPSA) is 65.7 Å². The number of hydrogen-bond donors (Lipinski definition) is 0. The van der Waals surface area contributed by atoms with Crippen molar-refractivity contribution in [2.45, 2.75) is 19.0 Å². The van der Waals surface area contributed by atoms with Gasteiger partial charge in [0.1, 0.15) is 11.3 Å². The van der Waals surface area contributed by atoms with Crippen LogP contribution in [0.3, 0.4) is 0 Å². The molecular formula is C28H20F4O5. The highest BCUT2D eigenvalue weighted by molar-refractivity contribution is 6.08. The van der Waals surface area contributed by atoms with Gasteiger partial charge in [-0.1, -0.05) is 43.5 Å². The molecule has 1 heterocycles. The molecule has 0 atom stereocenters. The van der Waals surface area contributed by atoms with Crippen LogP contribution in [0.1, 0.15) is 17.5 Å². The monoisotopic (exact) mass is 512 g/mol. The zero-order valence-corrected chi connectivity index (χ0v) is 19.4. The van der Waals surface area contributed by atoms with Crippen molar-refractivity contribution in [3.63, 3.8) is 0 Å². The van der Waals surface area contributed by atoms with Gasteiger partial charge in [-0.3, -0.25) is 0 Å². The molecule has 0 spiro atoms. The van der Waals surface area contributed by atoms with Crippen molar-refractivity contribution in [3.05, 3.63) is 90.8 Å². The highest BCUT2D eigenvalue weighted by atomic mass is 19.4. The van der Waals surface area contributed by atoms with Gasteiger partial charge < -0.3 is 13.9 Å². The van der Waals surface area contributed by atoms with Gasteiger partial charge in [-0.15, -0.1) is 0 Å². The number of fused-ring (bicyclic) bond motifs is 3. The highest BCUT2D eigenvalue weighted by Crippen LogP contribution is 2.45. The molecule has 4 rings (SSSR count). The van der Waals surface area contributed by atoms with Crippen LogP contribution in [0.5, 0.6) is 5.75 Å². The van der Waals surface area contributed by atoms with Crippen LogP contribution in [0.25, 0.3) is 33.1 Å². The largest absolute Gasteiger partial charge is 0.463 e. The lowest BCUT2D eigenvalue weighted by Crippen LogP contribution is -2.12. The Morgan fingerprint density at radius 3 is 2.19 bits per heavy atom. The molecule has 0 aliphatic rings. The Morgan fingerprint density at radius 2 is 1.54 bits per heavy atom. The number of furan rings is 1.